The van der Waals surface area contributed by atoms with Crippen LogP contribution < -0.4 is 5.32 Å². The van der Waals surface area contributed by atoms with Gasteiger partial charge in [-0.05, 0) is 43.2 Å². The Bertz CT molecular complexity index is 543. The molecule has 0 amide bonds. The number of halogens is 2. The molecule has 0 aliphatic rings. The van der Waals surface area contributed by atoms with Gasteiger partial charge in [0.2, 0.25) is 0 Å². The number of rotatable bonds is 3. The maximum atomic E-state index is 13.5. The van der Waals surface area contributed by atoms with Crippen molar-refractivity contribution in [2.45, 2.75) is 20.4 Å². The Labute approximate surface area is 115 Å². The van der Waals surface area contributed by atoms with Crippen LogP contribution in [0.1, 0.15) is 16.7 Å². The molecule has 2 aromatic carbocycles. The van der Waals surface area contributed by atoms with Crippen LogP contribution >= 0.6 is 15.9 Å². The summed E-state index contributed by atoms with van der Waals surface area (Å²) in [5.41, 5.74) is 4.03. The molecule has 0 fully saturated rings. The zero-order valence-corrected chi connectivity index (χ0v) is 12.0. The van der Waals surface area contributed by atoms with Gasteiger partial charge in [0, 0.05) is 22.3 Å². The molecule has 0 aromatic heterocycles. The van der Waals surface area contributed by atoms with Crippen LogP contribution in [0.25, 0.3) is 0 Å². The van der Waals surface area contributed by atoms with Gasteiger partial charge in [-0.2, -0.15) is 0 Å². The van der Waals surface area contributed by atoms with Crippen LogP contribution in [0.5, 0.6) is 0 Å². The van der Waals surface area contributed by atoms with E-state index in [1.54, 1.807) is 12.1 Å². The minimum Gasteiger partial charge on any atom is -0.381 e. The quantitative estimate of drug-likeness (QED) is 0.857. The second-order valence-corrected chi connectivity index (χ2v) is 5.16. The van der Waals surface area contributed by atoms with Crippen LogP contribution in [-0.2, 0) is 6.54 Å². The van der Waals surface area contributed by atoms with Crippen molar-refractivity contribution in [1.82, 2.24) is 0 Å². The normalized spacial score (nSPS) is 10.4. The van der Waals surface area contributed by atoms with Gasteiger partial charge in [-0.1, -0.05) is 34.1 Å². The van der Waals surface area contributed by atoms with Gasteiger partial charge in [0.05, 0.1) is 0 Å². The highest BCUT2D eigenvalue weighted by molar-refractivity contribution is 9.10. The van der Waals surface area contributed by atoms with Gasteiger partial charge >= 0.3 is 0 Å². The number of hydrogen-bond donors (Lipinski definition) is 1. The molecule has 2 rings (SSSR count). The first-order chi connectivity index (χ1) is 8.58. The largest absolute Gasteiger partial charge is 0.381 e. The van der Waals surface area contributed by atoms with Crippen molar-refractivity contribution >= 4 is 21.6 Å². The smallest absolute Gasteiger partial charge is 0.128 e. The van der Waals surface area contributed by atoms with Gasteiger partial charge in [-0.15, -0.1) is 0 Å². The van der Waals surface area contributed by atoms with Gasteiger partial charge in [-0.3, -0.25) is 0 Å². The molecule has 0 saturated heterocycles. The van der Waals surface area contributed by atoms with Gasteiger partial charge in [0.15, 0.2) is 0 Å². The summed E-state index contributed by atoms with van der Waals surface area (Å²) in [6, 6.07) is 10.9. The van der Waals surface area contributed by atoms with Gasteiger partial charge in [0.1, 0.15) is 5.82 Å². The van der Waals surface area contributed by atoms with E-state index in [0.29, 0.717) is 12.1 Å². The molecule has 0 atom stereocenters. The molecule has 18 heavy (non-hydrogen) atoms. The average molecular weight is 308 g/mol. The molecular formula is C15H15BrFN. The lowest BCUT2D eigenvalue weighted by Crippen LogP contribution is -2.02. The van der Waals surface area contributed by atoms with Crippen molar-refractivity contribution in [1.29, 1.82) is 0 Å². The van der Waals surface area contributed by atoms with E-state index in [0.717, 1.165) is 10.2 Å². The van der Waals surface area contributed by atoms with Gasteiger partial charge < -0.3 is 5.32 Å². The highest BCUT2D eigenvalue weighted by atomic mass is 79.9. The Balaban J connectivity index is 2.14. The Morgan fingerprint density at radius 2 is 1.72 bits per heavy atom. The molecule has 0 saturated carbocycles. The topological polar surface area (TPSA) is 12.0 Å². The molecule has 0 unspecified atom stereocenters. The third-order valence-electron chi connectivity index (χ3n) is 2.88. The minimum atomic E-state index is -0.171. The second-order valence-electron chi connectivity index (χ2n) is 4.37. The third kappa shape index (κ3) is 2.91. The van der Waals surface area contributed by atoms with E-state index < -0.39 is 0 Å². The van der Waals surface area contributed by atoms with Crippen LogP contribution in [0.4, 0.5) is 10.1 Å². The fourth-order valence-corrected chi connectivity index (χ4v) is 2.12. The minimum absolute atomic E-state index is 0.171. The molecule has 0 spiro atoms. The van der Waals surface area contributed by atoms with E-state index >= 15 is 0 Å². The van der Waals surface area contributed by atoms with Crippen LogP contribution in [0.2, 0.25) is 0 Å². The van der Waals surface area contributed by atoms with Crippen molar-refractivity contribution in [2.75, 3.05) is 5.32 Å². The molecule has 0 bridgehead atoms. The number of hydrogen-bond acceptors (Lipinski definition) is 1. The molecule has 0 aliphatic carbocycles. The molecule has 0 heterocycles. The lowest BCUT2D eigenvalue weighted by Gasteiger charge is -2.11. The predicted octanol–water partition coefficient (Wildman–Crippen LogP) is 4.82. The summed E-state index contributed by atoms with van der Waals surface area (Å²) in [7, 11) is 0. The first kappa shape index (κ1) is 13.1. The Kier molecular flexibility index (Phi) is 4.02. The van der Waals surface area contributed by atoms with Crippen LogP contribution in [0.3, 0.4) is 0 Å². The van der Waals surface area contributed by atoms with Crippen LogP contribution in [0, 0.1) is 19.7 Å². The number of aryl methyl sites for hydroxylation is 2. The van der Waals surface area contributed by atoms with E-state index in [9.17, 15) is 4.39 Å². The molecule has 0 aliphatic heterocycles. The molecule has 3 heteroatoms. The van der Waals surface area contributed by atoms with Crippen molar-refractivity contribution in [3.63, 3.8) is 0 Å². The van der Waals surface area contributed by atoms with E-state index in [1.807, 2.05) is 19.9 Å². The highest BCUT2D eigenvalue weighted by Gasteiger charge is 2.04. The number of anilines is 1. The molecule has 0 radical (unpaired) electrons. The Morgan fingerprint density at radius 3 is 2.33 bits per heavy atom. The summed E-state index contributed by atoms with van der Waals surface area (Å²) in [5.74, 6) is -0.171. The summed E-state index contributed by atoms with van der Waals surface area (Å²) in [4.78, 5) is 0. The SMILES string of the molecule is Cc1cc(NCc2ccccc2F)cc(C)c1Br. The zero-order valence-electron chi connectivity index (χ0n) is 10.4. The standard InChI is InChI=1S/C15H15BrFN/c1-10-7-13(8-11(2)15(10)16)18-9-12-5-3-4-6-14(12)17/h3-8,18H,9H2,1-2H3. The lowest BCUT2D eigenvalue weighted by molar-refractivity contribution is 0.613. The summed E-state index contributed by atoms with van der Waals surface area (Å²) in [6.45, 7) is 4.59. The first-order valence-corrected chi connectivity index (χ1v) is 6.61. The molecule has 1 N–H and O–H groups in total. The van der Waals surface area contributed by atoms with Crippen LogP contribution in [0.15, 0.2) is 40.9 Å². The van der Waals surface area contributed by atoms with Gasteiger partial charge in [0.25, 0.3) is 0 Å². The summed E-state index contributed by atoms with van der Waals surface area (Å²) in [6.07, 6.45) is 0. The lowest BCUT2D eigenvalue weighted by atomic mass is 10.1. The summed E-state index contributed by atoms with van der Waals surface area (Å²) in [5, 5.41) is 3.25. The second kappa shape index (κ2) is 5.53. The maximum absolute atomic E-state index is 13.5. The van der Waals surface area contributed by atoms with Crippen molar-refractivity contribution in [3.05, 3.63) is 63.4 Å². The zero-order chi connectivity index (χ0) is 13.1. The Morgan fingerprint density at radius 1 is 1.11 bits per heavy atom. The molecule has 1 nitrogen and oxygen atoms in total. The van der Waals surface area contributed by atoms with E-state index in [-0.39, 0.29) is 5.82 Å². The summed E-state index contributed by atoms with van der Waals surface area (Å²) < 4.78 is 14.6. The fraction of sp³-hybridized carbons (Fsp3) is 0.200. The Hall–Kier alpha value is -1.35. The van der Waals surface area contributed by atoms with Crippen molar-refractivity contribution in [2.24, 2.45) is 0 Å². The van der Waals surface area contributed by atoms with E-state index in [4.69, 9.17) is 0 Å². The predicted molar refractivity (Wildman–Crippen MR) is 77.3 cm³/mol. The monoisotopic (exact) mass is 307 g/mol. The molecular weight excluding hydrogens is 293 g/mol. The maximum Gasteiger partial charge on any atom is 0.128 e. The van der Waals surface area contributed by atoms with Gasteiger partial charge in [-0.25, -0.2) is 4.39 Å². The first-order valence-electron chi connectivity index (χ1n) is 5.82. The van der Waals surface area contributed by atoms with Crippen molar-refractivity contribution in [3.8, 4) is 0 Å². The average Bonchev–Trinajstić information content (AvgIpc) is 2.35. The number of benzene rings is 2. The fourth-order valence-electron chi connectivity index (χ4n) is 1.89. The third-order valence-corrected chi connectivity index (χ3v) is 4.13. The van der Waals surface area contributed by atoms with E-state index in [1.165, 1.54) is 17.2 Å². The highest BCUT2D eigenvalue weighted by Crippen LogP contribution is 2.25. The van der Waals surface area contributed by atoms with E-state index in [2.05, 4.69) is 33.4 Å². The molecule has 94 valence electrons. The molecule has 2 aromatic rings. The summed E-state index contributed by atoms with van der Waals surface area (Å²) >= 11 is 3.53. The number of nitrogens with one attached hydrogen (secondary N) is 1. The van der Waals surface area contributed by atoms with Crippen LogP contribution in [-0.4, -0.2) is 0 Å². The van der Waals surface area contributed by atoms with Crippen molar-refractivity contribution < 1.29 is 4.39 Å².